The van der Waals surface area contributed by atoms with Gasteiger partial charge in [0.2, 0.25) is 0 Å². The predicted molar refractivity (Wildman–Crippen MR) is 93.9 cm³/mol. The van der Waals surface area contributed by atoms with Crippen LogP contribution in [-0.2, 0) is 0 Å². The second-order valence-corrected chi connectivity index (χ2v) is 7.13. The molecule has 0 atom stereocenters. The Kier molecular flexibility index (Phi) is 6.71. The Morgan fingerprint density at radius 2 is 1.91 bits per heavy atom. The molecule has 0 spiro atoms. The van der Waals surface area contributed by atoms with Gasteiger partial charge in [0.05, 0.1) is 23.8 Å². The average molecular weight is 343 g/mol. The van der Waals surface area contributed by atoms with E-state index in [1.54, 1.807) is 12.1 Å². The van der Waals surface area contributed by atoms with Gasteiger partial charge in [0.15, 0.2) is 11.5 Å². The molecule has 1 aromatic rings. The summed E-state index contributed by atoms with van der Waals surface area (Å²) in [6.07, 6.45) is -0.0151. The lowest BCUT2D eigenvalue weighted by atomic mass is 10.0. The molecule has 1 N–H and O–H groups in total. The topological polar surface area (TPSA) is 50.8 Å². The van der Waals surface area contributed by atoms with Gasteiger partial charge in [-0.05, 0) is 47.9 Å². The maximum Gasteiger partial charge on any atom is 0.253 e. The van der Waals surface area contributed by atoms with E-state index >= 15 is 0 Å². The Bertz CT molecular complexity index is 557. The van der Waals surface area contributed by atoms with Crippen LogP contribution in [0.5, 0.6) is 11.5 Å². The lowest BCUT2D eigenvalue weighted by Gasteiger charge is -2.29. The number of nitrogens with zero attached hydrogens (tertiary/aromatic N) is 1. The summed E-state index contributed by atoms with van der Waals surface area (Å²) in [6.45, 7) is 8.47. The number of hydrogen-bond donors (Lipinski definition) is 1. The molecule has 1 amide bonds. The zero-order valence-electron chi connectivity index (χ0n) is 15.0. The summed E-state index contributed by atoms with van der Waals surface area (Å²) in [5.74, 6) is 0.770. The first-order chi connectivity index (χ1) is 10.6. The normalized spacial score (nSPS) is 11.7. The standard InChI is InChI=1S/C17H27ClN2O3/c1-11(2)23-15-9-13(18)12(8-14(15)22-7)16(21)19-17(3,4)10-20(5)6/h8-9,11H,10H2,1-7H3,(H,19,21). The smallest absolute Gasteiger partial charge is 0.253 e. The summed E-state index contributed by atoms with van der Waals surface area (Å²) in [5, 5.41) is 3.33. The highest BCUT2D eigenvalue weighted by Crippen LogP contribution is 2.34. The van der Waals surface area contributed by atoms with Crippen molar-refractivity contribution < 1.29 is 14.3 Å². The fraction of sp³-hybridized carbons (Fsp3) is 0.588. The van der Waals surface area contributed by atoms with Crippen LogP contribution in [0, 0.1) is 0 Å². The second-order valence-electron chi connectivity index (χ2n) is 6.73. The molecule has 0 heterocycles. The van der Waals surface area contributed by atoms with Gasteiger partial charge >= 0.3 is 0 Å². The van der Waals surface area contributed by atoms with Crippen molar-refractivity contribution in [1.29, 1.82) is 0 Å². The summed E-state index contributed by atoms with van der Waals surface area (Å²) in [4.78, 5) is 14.6. The van der Waals surface area contributed by atoms with Gasteiger partial charge in [-0.1, -0.05) is 11.6 Å². The van der Waals surface area contributed by atoms with Crippen LogP contribution < -0.4 is 14.8 Å². The predicted octanol–water partition coefficient (Wildman–Crippen LogP) is 3.21. The maximum atomic E-state index is 12.6. The molecule has 0 saturated heterocycles. The summed E-state index contributed by atoms with van der Waals surface area (Å²) in [7, 11) is 5.46. The van der Waals surface area contributed by atoms with Crippen LogP contribution >= 0.6 is 11.6 Å². The molecule has 0 fully saturated rings. The number of nitrogens with one attached hydrogen (secondary N) is 1. The van der Waals surface area contributed by atoms with Crippen molar-refractivity contribution in [3.05, 3.63) is 22.7 Å². The van der Waals surface area contributed by atoms with Gasteiger partial charge in [-0.25, -0.2) is 0 Å². The maximum absolute atomic E-state index is 12.6. The largest absolute Gasteiger partial charge is 0.493 e. The van der Waals surface area contributed by atoms with E-state index in [9.17, 15) is 4.79 Å². The first-order valence-corrected chi connectivity index (χ1v) is 7.95. The first-order valence-electron chi connectivity index (χ1n) is 7.57. The number of amides is 1. The third-order valence-electron chi connectivity index (χ3n) is 3.02. The zero-order chi connectivity index (χ0) is 17.8. The van der Waals surface area contributed by atoms with E-state index in [0.29, 0.717) is 28.6 Å². The van der Waals surface area contributed by atoms with Crippen molar-refractivity contribution in [2.24, 2.45) is 0 Å². The fourth-order valence-electron chi connectivity index (χ4n) is 2.42. The lowest BCUT2D eigenvalue weighted by Crippen LogP contribution is -2.50. The SMILES string of the molecule is COc1cc(C(=O)NC(C)(C)CN(C)C)c(Cl)cc1OC(C)C. The number of rotatable bonds is 7. The molecule has 1 rings (SSSR count). The van der Waals surface area contributed by atoms with Crippen LogP contribution in [0.25, 0.3) is 0 Å². The first kappa shape index (κ1) is 19.6. The number of benzene rings is 1. The third-order valence-corrected chi connectivity index (χ3v) is 3.34. The second kappa shape index (κ2) is 7.88. The molecule has 130 valence electrons. The van der Waals surface area contributed by atoms with Crippen molar-refractivity contribution in [3.8, 4) is 11.5 Å². The molecule has 0 unspecified atom stereocenters. The van der Waals surface area contributed by atoms with E-state index in [1.165, 1.54) is 7.11 Å². The minimum absolute atomic E-state index is 0.0151. The van der Waals surface area contributed by atoms with Gasteiger partial charge < -0.3 is 19.7 Å². The molecule has 0 aliphatic carbocycles. The summed E-state index contributed by atoms with van der Waals surface area (Å²) < 4.78 is 11.0. The van der Waals surface area contributed by atoms with E-state index in [-0.39, 0.29) is 17.6 Å². The quantitative estimate of drug-likeness (QED) is 0.826. The molecular weight excluding hydrogens is 316 g/mol. The van der Waals surface area contributed by atoms with Crippen LogP contribution in [0.4, 0.5) is 0 Å². The molecule has 6 heteroatoms. The van der Waals surface area contributed by atoms with Crippen LogP contribution in [0.3, 0.4) is 0 Å². The van der Waals surface area contributed by atoms with Gasteiger partial charge in [-0.15, -0.1) is 0 Å². The minimum atomic E-state index is -0.385. The van der Waals surface area contributed by atoms with Gasteiger partial charge in [-0.2, -0.15) is 0 Å². The van der Waals surface area contributed by atoms with Gasteiger partial charge in [0.25, 0.3) is 5.91 Å². The Labute approximate surface area is 143 Å². The highest BCUT2D eigenvalue weighted by molar-refractivity contribution is 6.34. The van der Waals surface area contributed by atoms with E-state index in [0.717, 1.165) is 0 Å². The Balaban J connectivity index is 3.06. The van der Waals surface area contributed by atoms with E-state index in [4.69, 9.17) is 21.1 Å². The highest BCUT2D eigenvalue weighted by Gasteiger charge is 2.24. The molecule has 0 aliphatic heterocycles. The number of likely N-dealkylation sites (N-methyl/N-ethyl adjacent to an activating group) is 1. The van der Waals surface area contributed by atoms with Crippen LogP contribution in [0.15, 0.2) is 12.1 Å². The summed E-state index contributed by atoms with van der Waals surface area (Å²) >= 11 is 6.26. The van der Waals surface area contributed by atoms with E-state index < -0.39 is 0 Å². The number of halogens is 1. The molecule has 0 aliphatic rings. The average Bonchev–Trinajstić information content (AvgIpc) is 2.35. The van der Waals surface area contributed by atoms with Crippen LogP contribution in [0.1, 0.15) is 38.1 Å². The highest BCUT2D eigenvalue weighted by atomic mass is 35.5. The van der Waals surface area contributed by atoms with Crippen molar-refractivity contribution in [1.82, 2.24) is 10.2 Å². The Morgan fingerprint density at radius 3 is 2.39 bits per heavy atom. The van der Waals surface area contributed by atoms with Crippen molar-refractivity contribution in [3.63, 3.8) is 0 Å². The molecular formula is C17H27ClN2O3. The summed E-state index contributed by atoms with van der Waals surface area (Å²) in [6, 6.07) is 3.23. The Morgan fingerprint density at radius 1 is 1.30 bits per heavy atom. The van der Waals surface area contributed by atoms with Gasteiger partial charge in [-0.3, -0.25) is 4.79 Å². The number of ether oxygens (including phenoxy) is 2. The monoisotopic (exact) mass is 342 g/mol. The molecule has 0 radical (unpaired) electrons. The molecule has 1 aromatic carbocycles. The Hall–Kier alpha value is -1.46. The zero-order valence-corrected chi connectivity index (χ0v) is 15.7. The molecule has 0 aromatic heterocycles. The number of carbonyl (C=O) groups is 1. The fourth-order valence-corrected chi connectivity index (χ4v) is 2.66. The van der Waals surface area contributed by atoms with E-state index in [2.05, 4.69) is 5.32 Å². The van der Waals surface area contributed by atoms with Gasteiger partial charge in [0, 0.05) is 18.2 Å². The number of carbonyl (C=O) groups excluding carboxylic acids is 1. The van der Waals surface area contributed by atoms with Gasteiger partial charge in [0.1, 0.15) is 0 Å². The van der Waals surface area contributed by atoms with Crippen LogP contribution in [-0.4, -0.2) is 50.2 Å². The molecule has 23 heavy (non-hydrogen) atoms. The molecule has 5 nitrogen and oxygen atoms in total. The third kappa shape index (κ3) is 5.92. The number of hydrogen-bond acceptors (Lipinski definition) is 4. The minimum Gasteiger partial charge on any atom is -0.493 e. The van der Waals surface area contributed by atoms with Crippen molar-refractivity contribution in [2.75, 3.05) is 27.7 Å². The molecule has 0 saturated carbocycles. The van der Waals surface area contributed by atoms with Crippen LogP contribution in [0.2, 0.25) is 5.02 Å². The van der Waals surface area contributed by atoms with Crippen molar-refractivity contribution in [2.45, 2.75) is 39.3 Å². The van der Waals surface area contributed by atoms with Crippen molar-refractivity contribution >= 4 is 17.5 Å². The number of methoxy groups -OCH3 is 1. The summed E-state index contributed by atoms with van der Waals surface area (Å²) in [5.41, 5.74) is -0.0176. The molecule has 0 bridgehead atoms. The van der Waals surface area contributed by atoms with E-state index in [1.807, 2.05) is 46.7 Å². The lowest BCUT2D eigenvalue weighted by molar-refractivity contribution is 0.0899.